The van der Waals surface area contributed by atoms with Crippen LogP contribution in [0.5, 0.6) is 0 Å². The van der Waals surface area contributed by atoms with E-state index in [-0.39, 0.29) is 0 Å². The van der Waals surface area contributed by atoms with Crippen LogP contribution in [0.15, 0.2) is 18.2 Å². The topological polar surface area (TPSA) is 24.1 Å². The van der Waals surface area contributed by atoms with E-state index in [0.717, 1.165) is 17.3 Å². The van der Waals surface area contributed by atoms with E-state index in [4.69, 9.17) is 11.6 Å². The van der Waals surface area contributed by atoms with E-state index in [1.165, 1.54) is 37.8 Å². The van der Waals surface area contributed by atoms with E-state index >= 15 is 0 Å². The minimum atomic E-state index is 0.291. The Hall–Kier alpha value is -0.890. The first-order valence-electron chi connectivity index (χ1n) is 6.09. The number of benzene rings is 1. The third-order valence-corrected chi connectivity index (χ3v) is 4.04. The molecule has 1 fully saturated rings. The molecule has 1 spiro atoms. The zero-order chi connectivity index (χ0) is 11.0. The molecule has 1 aromatic carbocycles. The van der Waals surface area contributed by atoms with Gasteiger partial charge >= 0.3 is 0 Å². The summed E-state index contributed by atoms with van der Waals surface area (Å²) in [7, 11) is 0. The summed E-state index contributed by atoms with van der Waals surface area (Å²) >= 11 is 5.99. The largest absolute Gasteiger partial charge is 0.381 e. The van der Waals surface area contributed by atoms with Gasteiger partial charge in [0.25, 0.3) is 0 Å². The van der Waals surface area contributed by atoms with E-state index in [1.54, 1.807) is 0 Å². The van der Waals surface area contributed by atoms with E-state index in [9.17, 15) is 0 Å². The van der Waals surface area contributed by atoms with Crippen molar-refractivity contribution < 1.29 is 0 Å². The lowest BCUT2D eigenvalue weighted by atomic mass is 9.80. The van der Waals surface area contributed by atoms with Gasteiger partial charge in [0.05, 0.1) is 16.9 Å². The highest BCUT2D eigenvalue weighted by Crippen LogP contribution is 2.38. The number of hydrogen-bond acceptors (Lipinski definition) is 2. The fourth-order valence-corrected chi connectivity index (χ4v) is 3.07. The first kappa shape index (κ1) is 10.3. The van der Waals surface area contributed by atoms with Gasteiger partial charge in [-0.25, -0.2) is 0 Å². The van der Waals surface area contributed by atoms with Crippen LogP contribution in [0.4, 0.5) is 11.4 Å². The molecule has 0 bridgehead atoms. The molecule has 1 heterocycles. The maximum absolute atomic E-state index is 5.99. The van der Waals surface area contributed by atoms with Gasteiger partial charge in [-0.05, 0) is 31.0 Å². The Morgan fingerprint density at radius 3 is 2.69 bits per heavy atom. The highest BCUT2D eigenvalue weighted by atomic mass is 35.5. The van der Waals surface area contributed by atoms with Crippen molar-refractivity contribution in [2.24, 2.45) is 0 Å². The number of rotatable bonds is 0. The lowest BCUT2D eigenvalue weighted by molar-refractivity contribution is 0.334. The Kier molecular flexibility index (Phi) is 2.47. The van der Waals surface area contributed by atoms with Gasteiger partial charge in [-0.3, -0.25) is 0 Å². The summed E-state index contributed by atoms with van der Waals surface area (Å²) in [5.41, 5.74) is 2.64. The Labute approximate surface area is 101 Å². The molecule has 3 rings (SSSR count). The van der Waals surface area contributed by atoms with Crippen molar-refractivity contribution in [3.8, 4) is 0 Å². The molecule has 16 heavy (non-hydrogen) atoms. The molecule has 1 aliphatic carbocycles. The summed E-state index contributed by atoms with van der Waals surface area (Å²) in [5, 5.41) is 8.03. The van der Waals surface area contributed by atoms with Gasteiger partial charge in [0.15, 0.2) is 0 Å². The van der Waals surface area contributed by atoms with Gasteiger partial charge in [-0.15, -0.1) is 0 Å². The maximum Gasteiger partial charge on any atom is 0.0591 e. The van der Waals surface area contributed by atoms with E-state index in [1.807, 2.05) is 12.1 Å². The smallest absolute Gasteiger partial charge is 0.0591 e. The van der Waals surface area contributed by atoms with Crippen LogP contribution in [0.2, 0.25) is 5.02 Å². The van der Waals surface area contributed by atoms with Crippen molar-refractivity contribution in [3.05, 3.63) is 23.2 Å². The predicted molar refractivity (Wildman–Crippen MR) is 69.4 cm³/mol. The second-order valence-electron chi connectivity index (χ2n) is 5.01. The zero-order valence-electron chi connectivity index (χ0n) is 9.35. The molecule has 0 saturated heterocycles. The third-order valence-electron chi connectivity index (χ3n) is 3.81. The molecule has 0 unspecified atom stereocenters. The second-order valence-corrected chi connectivity index (χ2v) is 5.45. The Morgan fingerprint density at radius 1 is 1.06 bits per heavy atom. The van der Waals surface area contributed by atoms with Crippen LogP contribution in [0.3, 0.4) is 0 Å². The van der Waals surface area contributed by atoms with E-state index in [0.29, 0.717) is 5.54 Å². The van der Waals surface area contributed by atoms with Gasteiger partial charge in [-0.2, -0.15) is 0 Å². The average Bonchev–Trinajstić information content (AvgIpc) is 2.31. The molecule has 0 amide bonds. The first-order chi connectivity index (χ1) is 7.77. The van der Waals surface area contributed by atoms with Crippen molar-refractivity contribution in [2.75, 3.05) is 17.2 Å². The summed E-state index contributed by atoms with van der Waals surface area (Å²) in [6, 6.07) is 6.04. The van der Waals surface area contributed by atoms with Gasteiger partial charge in [0.1, 0.15) is 0 Å². The van der Waals surface area contributed by atoms with Crippen molar-refractivity contribution >= 4 is 23.0 Å². The van der Waals surface area contributed by atoms with E-state index in [2.05, 4.69) is 16.7 Å². The molecule has 2 N–H and O–H groups in total. The highest BCUT2D eigenvalue weighted by Gasteiger charge is 2.34. The van der Waals surface area contributed by atoms with Crippen LogP contribution in [-0.2, 0) is 0 Å². The second kappa shape index (κ2) is 3.85. The summed E-state index contributed by atoms with van der Waals surface area (Å²) in [6.07, 6.45) is 6.64. The molecule has 1 saturated carbocycles. The van der Waals surface area contributed by atoms with Crippen LogP contribution in [0.25, 0.3) is 0 Å². The maximum atomic E-state index is 5.99. The SMILES string of the molecule is Clc1ccc2c(c1)NCC1(CCCCC1)N2. The number of halogens is 1. The van der Waals surface area contributed by atoms with Crippen LogP contribution in [0.1, 0.15) is 32.1 Å². The highest BCUT2D eigenvalue weighted by molar-refractivity contribution is 6.31. The molecule has 0 radical (unpaired) electrons. The molecule has 2 aliphatic rings. The predicted octanol–water partition coefficient (Wildman–Crippen LogP) is 3.88. The summed E-state index contributed by atoms with van der Waals surface area (Å²) in [5.74, 6) is 0. The summed E-state index contributed by atoms with van der Waals surface area (Å²) in [6.45, 7) is 1.03. The van der Waals surface area contributed by atoms with Crippen LogP contribution in [-0.4, -0.2) is 12.1 Å². The van der Waals surface area contributed by atoms with Gasteiger partial charge in [0.2, 0.25) is 0 Å². The third kappa shape index (κ3) is 1.75. The molecule has 3 heteroatoms. The quantitative estimate of drug-likeness (QED) is 0.714. The summed E-state index contributed by atoms with van der Waals surface area (Å²) in [4.78, 5) is 0. The average molecular weight is 237 g/mol. The standard InChI is InChI=1S/C13H17ClN2/c14-10-4-5-11-12(8-10)15-9-13(16-11)6-2-1-3-7-13/h4-5,8,15-16H,1-3,6-7,9H2. The van der Waals surface area contributed by atoms with Gasteiger partial charge < -0.3 is 10.6 Å². The molecule has 0 aromatic heterocycles. The lowest BCUT2D eigenvalue weighted by Gasteiger charge is -2.43. The van der Waals surface area contributed by atoms with Crippen molar-refractivity contribution in [1.82, 2.24) is 0 Å². The molecule has 0 atom stereocenters. The number of nitrogens with one attached hydrogen (secondary N) is 2. The Balaban J connectivity index is 1.88. The minimum Gasteiger partial charge on any atom is -0.381 e. The van der Waals surface area contributed by atoms with Crippen molar-refractivity contribution in [1.29, 1.82) is 0 Å². The van der Waals surface area contributed by atoms with Crippen LogP contribution < -0.4 is 10.6 Å². The van der Waals surface area contributed by atoms with Crippen molar-refractivity contribution in [2.45, 2.75) is 37.6 Å². The molecule has 1 aromatic rings. The Morgan fingerprint density at radius 2 is 1.88 bits per heavy atom. The van der Waals surface area contributed by atoms with Gasteiger partial charge in [0, 0.05) is 11.6 Å². The molecule has 1 aliphatic heterocycles. The Bertz CT molecular complexity index is 397. The molecular weight excluding hydrogens is 220 g/mol. The van der Waals surface area contributed by atoms with Crippen LogP contribution >= 0.6 is 11.6 Å². The normalized spacial score (nSPS) is 22.1. The molecule has 86 valence electrons. The number of hydrogen-bond donors (Lipinski definition) is 2. The summed E-state index contributed by atoms with van der Waals surface area (Å²) < 4.78 is 0. The monoisotopic (exact) mass is 236 g/mol. The molecular formula is C13H17ClN2. The fourth-order valence-electron chi connectivity index (χ4n) is 2.90. The first-order valence-corrected chi connectivity index (χ1v) is 6.47. The van der Waals surface area contributed by atoms with Gasteiger partial charge in [-0.1, -0.05) is 30.9 Å². The number of fused-ring (bicyclic) bond motifs is 1. The van der Waals surface area contributed by atoms with Crippen molar-refractivity contribution in [3.63, 3.8) is 0 Å². The van der Waals surface area contributed by atoms with E-state index < -0.39 is 0 Å². The lowest BCUT2D eigenvalue weighted by Crippen LogP contribution is -2.49. The number of anilines is 2. The fraction of sp³-hybridized carbons (Fsp3) is 0.538. The minimum absolute atomic E-state index is 0.291. The molecule has 2 nitrogen and oxygen atoms in total. The van der Waals surface area contributed by atoms with Crippen LogP contribution in [0, 0.1) is 0 Å². The zero-order valence-corrected chi connectivity index (χ0v) is 10.1.